The number of nitrogens with zero attached hydrogens (tertiary/aromatic N) is 1. The van der Waals surface area contributed by atoms with Crippen molar-refractivity contribution in [1.82, 2.24) is 4.98 Å². The number of aromatic nitrogens is 1. The first kappa shape index (κ1) is 8.72. The van der Waals surface area contributed by atoms with E-state index in [2.05, 4.69) is 31.6 Å². The van der Waals surface area contributed by atoms with E-state index in [9.17, 15) is 0 Å². The molecule has 2 nitrogen and oxygen atoms in total. The van der Waals surface area contributed by atoms with Crippen LogP contribution in [0.1, 0.15) is 0 Å². The molecule has 0 radical (unpaired) electrons. The molecule has 0 aromatic carbocycles. The molecule has 0 bridgehead atoms. The molecule has 0 unspecified atom stereocenters. The second-order valence-electron chi connectivity index (χ2n) is 2.53. The molecule has 0 aliphatic heterocycles. The minimum absolute atomic E-state index is 0.979. The van der Waals surface area contributed by atoms with Gasteiger partial charge in [-0.25, -0.2) is 0 Å². The van der Waals surface area contributed by atoms with Crippen LogP contribution in [0.25, 0.3) is 0 Å². The maximum absolute atomic E-state index is 4.06. The van der Waals surface area contributed by atoms with E-state index in [0.29, 0.717) is 0 Å². The lowest BCUT2D eigenvalue weighted by Gasteiger charge is -2.02. The quantitative estimate of drug-likeness (QED) is 0.885. The van der Waals surface area contributed by atoms with Gasteiger partial charge in [0.15, 0.2) is 0 Å². The normalized spacial score (nSPS) is 9.92. The maximum Gasteiger partial charge on any atom is 0.0582 e. The average molecular weight is 255 g/mol. The Morgan fingerprint density at radius 1 is 1.31 bits per heavy atom. The first-order valence-electron chi connectivity index (χ1n) is 3.74. The van der Waals surface area contributed by atoms with Gasteiger partial charge in [-0.1, -0.05) is 0 Å². The van der Waals surface area contributed by atoms with Crippen LogP contribution in [0.15, 0.2) is 39.8 Å². The van der Waals surface area contributed by atoms with Gasteiger partial charge in [0.2, 0.25) is 0 Å². The second-order valence-corrected chi connectivity index (χ2v) is 4.22. The molecule has 0 saturated carbocycles. The van der Waals surface area contributed by atoms with Gasteiger partial charge in [-0.05, 0) is 33.4 Å². The average Bonchev–Trinajstić information content (AvgIpc) is 2.57. The van der Waals surface area contributed by atoms with E-state index >= 15 is 0 Å². The standard InChI is InChI=1S/C9H7BrN2S/c10-7-3-9(5-11-4-7)12-8-1-2-13-6-8/h1-6,12H. The van der Waals surface area contributed by atoms with E-state index in [-0.39, 0.29) is 0 Å². The van der Waals surface area contributed by atoms with E-state index in [0.717, 1.165) is 15.8 Å². The van der Waals surface area contributed by atoms with Crippen molar-refractivity contribution in [3.8, 4) is 0 Å². The molecule has 0 amide bonds. The number of hydrogen-bond acceptors (Lipinski definition) is 3. The molecule has 1 N–H and O–H groups in total. The molecule has 0 saturated heterocycles. The van der Waals surface area contributed by atoms with Crippen molar-refractivity contribution in [2.24, 2.45) is 0 Å². The molecule has 2 aromatic rings. The van der Waals surface area contributed by atoms with Crippen LogP contribution in [0, 0.1) is 0 Å². The van der Waals surface area contributed by atoms with Crippen LogP contribution >= 0.6 is 27.3 Å². The molecule has 2 rings (SSSR count). The van der Waals surface area contributed by atoms with Crippen molar-refractivity contribution >= 4 is 38.6 Å². The molecule has 2 aromatic heterocycles. The first-order valence-corrected chi connectivity index (χ1v) is 5.48. The summed E-state index contributed by atoms with van der Waals surface area (Å²) in [6.07, 6.45) is 3.56. The Morgan fingerprint density at radius 3 is 2.92 bits per heavy atom. The summed E-state index contributed by atoms with van der Waals surface area (Å²) in [6, 6.07) is 4.02. The highest BCUT2D eigenvalue weighted by atomic mass is 79.9. The Bertz CT molecular complexity index is 386. The van der Waals surface area contributed by atoms with Gasteiger partial charge >= 0.3 is 0 Å². The van der Waals surface area contributed by atoms with Crippen LogP contribution in [0.3, 0.4) is 0 Å². The summed E-state index contributed by atoms with van der Waals surface area (Å²) in [5, 5.41) is 7.33. The number of nitrogens with one attached hydrogen (secondary N) is 1. The second kappa shape index (κ2) is 3.89. The molecule has 4 heteroatoms. The van der Waals surface area contributed by atoms with Crippen molar-refractivity contribution in [1.29, 1.82) is 0 Å². The lowest BCUT2D eigenvalue weighted by molar-refractivity contribution is 1.30. The Balaban J connectivity index is 2.19. The Morgan fingerprint density at radius 2 is 2.23 bits per heavy atom. The number of halogens is 1. The lowest BCUT2D eigenvalue weighted by atomic mass is 10.4. The minimum Gasteiger partial charge on any atom is -0.354 e. The molecule has 0 aliphatic rings. The molecule has 66 valence electrons. The van der Waals surface area contributed by atoms with Gasteiger partial charge in [-0.3, -0.25) is 4.98 Å². The van der Waals surface area contributed by atoms with Gasteiger partial charge in [0.1, 0.15) is 0 Å². The molecule has 13 heavy (non-hydrogen) atoms. The minimum atomic E-state index is 0.979. The van der Waals surface area contributed by atoms with E-state index in [1.54, 1.807) is 23.7 Å². The van der Waals surface area contributed by atoms with Gasteiger partial charge in [0.25, 0.3) is 0 Å². The van der Waals surface area contributed by atoms with Gasteiger partial charge in [0.05, 0.1) is 11.9 Å². The highest BCUT2D eigenvalue weighted by Crippen LogP contribution is 2.20. The molecule has 0 aliphatic carbocycles. The number of thiophene rings is 1. The number of rotatable bonds is 2. The predicted octanol–water partition coefficient (Wildman–Crippen LogP) is 3.65. The fraction of sp³-hybridized carbons (Fsp3) is 0. The van der Waals surface area contributed by atoms with Crippen molar-refractivity contribution in [2.75, 3.05) is 5.32 Å². The zero-order valence-corrected chi connectivity index (χ0v) is 9.10. The van der Waals surface area contributed by atoms with Crippen LogP contribution < -0.4 is 5.32 Å². The molecule has 0 atom stereocenters. The van der Waals surface area contributed by atoms with Crippen molar-refractivity contribution in [2.45, 2.75) is 0 Å². The molecule has 0 fully saturated rings. The van der Waals surface area contributed by atoms with Gasteiger partial charge in [-0.2, -0.15) is 11.3 Å². The van der Waals surface area contributed by atoms with Crippen LogP contribution in [-0.2, 0) is 0 Å². The smallest absolute Gasteiger partial charge is 0.0582 e. The fourth-order valence-corrected chi connectivity index (χ4v) is 1.94. The Hall–Kier alpha value is -0.870. The summed E-state index contributed by atoms with van der Waals surface area (Å²) in [4.78, 5) is 4.06. The van der Waals surface area contributed by atoms with Crippen molar-refractivity contribution in [3.05, 3.63) is 39.8 Å². The van der Waals surface area contributed by atoms with Crippen molar-refractivity contribution in [3.63, 3.8) is 0 Å². The highest BCUT2D eigenvalue weighted by Gasteiger charge is 1.95. The van der Waals surface area contributed by atoms with Crippen LogP contribution in [0.4, 0.5) is 11.4 Å². The SMILES string of the molecule is Brc1cncc(Nc2ccsc2)c1. The topological polar surface area (TPSA) is 24.9 Å². The summed E-state index contributed by atoms with van der Waals surface area (Å²) in [5.74, 6) is 0. The van der Waals surface area contributed by atoms with E-state index in [1.807, 2.05) is 17.5 Å². The van der Waals surface area contributed by atoms with E-state index < -0.39 is 0 Å². The monoisotopic (exact) mass is 254 g/mol. The number of hydrogen-bond donors (Lipinski definition) is 1. The third-order valence-corrected chi connectivity index (χ3v) is 2.63. The summed E-state index contributed by atoms with van der Waals surface area (Å²) >= 11 is 5.03. The Labute approximate surface area is 88.8 Å². The van der Waals surface area contributed by atoms with Crippen molar-refractivity contribution < 1.29 is 0 Å². The van der Waals surface area contributed by atoms with Crippen LogP contribution in [0.2, 0.25) is 0 Å². The summed E-state index contributed by atoms with van der Waals surface area (Å²) in [7, 11) is 0. The molecule has 2 heterocycles. The number of anilines is 2. The molecule has 0 spiro atoms. The summed E-state index contributed by atoms with van der Waals surface area (Å²) < 4.78 is 0.979. The van der Waals surface area contributed by atoms with E-state index in [4.69, 9.17) is 0 Å². The van der Waals surface area contributed by atoms with Crippen LogP contribution in [-0.4, -0.2) is 4.98 Å². The highest BCUT2D eigenvalue weighted by molar-refractivity contribution is 9.10. The lowest BCUT2D eigenvalue weighted by Crippen LogP contribution is -1.88. The van der Waals surface area contributed by atoms with Gasteiger partial charge in [0, 0.05) is 21.7 Å². The van der Waals surface area contributed by atoms with Crippen LogP contribution in [0.5, 0.6) is 0 Å². The third kappa shape index (κ3) is 2.29. The summed E-state index contributed by atoms with van der Waals surface area (Å²) in [6.45, 7) is 0. The summed E-state index contributed by atoms with van der Waals surface area (Å²) in [5.41, 5.74) is 2.10. The zero-order chi connectivity index (χ0) is 9.10. The third-order valence-electron chi connectivity index (χ3n) is 1.51. The Kier molecular flexibility index (Phi) is 2.61. The zero-order valence-electron chi connectivity index (χ0n) is 6.70. The fourth-order valence-electron chi connectivity index (χ4n) is 0.982. The maximum atomic E-state index is 4.06. The predicted molar refractivity (Wildman–Crippen MR) is 59.5 cm³/mol. The van der Waals surface area contributed by atoms with Gasteiger partial charge < -0.3 is 5.32 Å². The molecular weight excluding hydrogens is 248 g/mol. The first-order chi connectivity index (χ1) is 6.34. The van der Waals surface area contributed by atoms with Gasteiger partial charge in [-0.15, -0.1) is 0 Å². The van der Waals surface area contributed by atoms with E-state index in [1.165, 1.54) is 0 Å². The molecular formula is C9H7BrN2S. The largest absolute Gasteiger partial charge is 0.354 e. The number of pyridine rings is 1.